The molecule has 2 rings (SSSR count). The summed E-state index contributed by atoms with van der Waals surface area (Å²) in [5, 5.41) is 3.81. The van der Waals surface area contributed by atoms with Crippen molar-refractivity contribution in [2.75, 3.05) is 6.54 Å². The Morgan fingerprint density at radius 2 is 2.25 bits per heavy atom. The maximum Gasteiger partial charge on any atom is 0.263 e. The minimum atomic E-state index is -2.45. The molecule has 0 aliphatic carbocycles. The van der Waals surface area contributed by atoms with Crippen LogP contribution < -0.4 is 5.32 Å². The lowest BCUT2D eigenvalue weighted by Crippen LogP contribution is -2.23. The van der Waals surface area contributed by atoms with Crippen LogP contribution >= 0.6 is 11.6 Å². The molecule has 0 saturated carbocycles. The highest BCUT2D eigenvalue weighted by atomic mass is 35.5. The Bertz CT molecular complexity index is 362. The Morgan fingerprint density at radius 3 is 2.81 bits per heavy atom. The minimum absolute atomic E-state index is 0.00636. The number of nitrogens with one attached hydrogen (secondary N) is 1. The molecule has 0 aromatic heterocycles. The molecule has 1 saturated heterocycles. The highest BCUT2D eigenvalue weighted by Crippen LogP contribution is 2.26. The summed E-state index contributed by atoms with van der Waals surface area (Å²) in [7, 11) is 0. The number of alkyl halides is 2. The molecule has 1 fully saturated rings. The van der Waals surface area contributed by atoms with E-state index in [0.717, 1.165) is 24.9 Å². The number of rotatable bonds is 3. The van der Waals surface area contributed by atoms with Crippen LogP contribution in [0.4, 0.5) is 8.78 Å². The third-order valence-electron chi connectivity index (χ3n) is 2.96. The molecule has 1 heterocycles. The summed E-state index contributed by atoms with van der Waals surface area (Å²) >= 11 is 5.99. The highest BCUT2D eigenvalue weighted by molar-refractivity contribution is 6.31. The first-order chi connectivity index (χ1) is 7.66. The summed E-state index contributed by atoms with van der Waals surface area (Å²) in [5.41, 5.74) is 0.943. The molecule has 16 heavy (non-hydrogen) atoms. The summed E-state index contributed by atoms with van der Waals surface area (Å²) in [5.74, 6) is 0. The summed E-state index contributed by atoms with van der Waals surface area (Å²) in [4.78, 5) is 0. The molecule has 1 aromatic rings. The summed E-state index contributed by atoms with van der Waals surface area (Å²) in [6.07, 6.45) is 0.684. The molecule has 88 valence electrons. The minimum Gasteiger partial charge on any atom is -0.314 e. The molecule has 1 N–H and O–H groups in total. The van der Waals surface area contributed by atoms with E-state index in [1.807, 2.05) is 0 Å². The van der Waals surface area contributed by atoms with Gasteiger partial charge in [0.25, 0.3) is 6.43 Å². The van der Waals surface area contributed by atoms with Crippen LogP contribution in [-0.4, -0.2) is 12.6 Å². The van der Waals surface area contributed by atoms with E-state index in [-0.39, 0.29) is 5.56 Å². The predicted octanol–water partition coefficient (Wildman–Crippen LogP) is 3.57. The summed E-state index contributed by atoms with van der Waals surface area (Å²) < 4.78 is 24.8. The monoisotopic (exact) mass is 245 g/mol. The molecule has 1 aromatic carbocycles. The number of benzene rings is 1. The fourth-order valence-electron chi connectivity index (χ4n) is 2.06. The lowest BCUT2D eigenvalue weighted by atomic mass is 10.0. The van der Waals surface area contributed by atoms with Crippen molar-refractivity contribution in [2.24, 2.45) is 0 Å². The van der Waals surface area contributed by atoms with E-state index in [9.17, 15) is 8.78 Å². The van der Waals surface area contributed by atoms with Crippen LogP contribution in [0.25, 0.3) is 0 Å². The van der Waals surface area contributed by atoms with Gasteiger partial charge in [0, 0.05) is 16.6 Å². The van der Waals surface area contributed by atoms with Gasteiger partial charge in [-0.3, -0.25) is 0 Å². The quantitative estimate of drug-likeness (QED) is 0.859. The summed E-state index contributed by atoms with van der Waals surface area (Å²) in [6.45, 7) is 1.04. The molecule has 0 bridgehead atoms. The fraction of sp³-hybridized carbons (Fsp3) is 0.500. The van der Waals surface area contributed by atoms with Crippen LogP contribution in [0.2, 0.25) is 5.02 Å². The lowest BCUT2D eigenvalue weighted by Gasteiger charge is -2.12. The average molecular weight is 246 g/mol. The van der Waals surface area contributed by atoms with Crippen molar-refractivity contribution in [1.82, 2.24) is 5.32 Å². The molecule has 4 heteroatoms. The molecule has 0 amide bonds. The standard InChI is InChI=1S/C12H14ClF2N/c13-11-7-9(12(14)15)4-3-8(11)6-10-2-1-5-16-10/h3-4,7,10,12,16H,1-2,5-6H2. The second-order valence-corrected chi connectivity index (χ2v) is 4.56. The third-order valence-corrected chi connectivity index (χ3v) is 3.31. The zero-order valence-corrected chi connectivity index (χ0v) is 9.61. The zero-order chi connectivity index (χ0) is 11.5. The van der Waals surface area contributed by atoms with Crippen molar-refractivity contribution in [3.63, 3.8) is 0 Å². The zero-order valence-electron chi connectivity index (χ0n) is 8.85. The number of halogens is 3. The summed E-state index contributed by atoms with van der Waals surface area (Å²) in [6, 6.07) is 4.98. The van der Waals surface area contributed by atoms with Crippen LogP contribution in [0.3, 0.4) is 0 Å². The van der Waals surface area contributed by atoms with Crippen molar-refractivity contribution in [2.45, 2.75) is 31.7 Å². The van der Waals surface area contributed by atoms with Gasteiger partial charge in [-0.2, -0.15) is 0 Å². The van der Waals surface area contributed by atoms with E-state index in [0.29, 0.717) is 11.1 Å². The smallest absolute Gasteiger partial charge is 0.263 e. The molecule has 1 nitrogen and oxygen atoms in total. The van der Waals surface area contributed by atoms with Crippen LogP contribution in [0, 0.1) is 0 Å². The van der Waals surface area contributed by atoms with Gasteiger partial charge in [0.05, 0.1) is 0 Å². The molecule has 1 unspecified atom stereocenters. The van der Waals surface area contributed by atoms with Gasteiger partial charge >= 0.3 is 0 Å². The van der Waals surface area contributed by atoms with E-state index in [2.05, 4.69) is 5.32 Å². The van der Waals surface area contributed by atoms with Gasteiger partial charge in [-0.05, 0) is 37.4 Å². The Morgan fingerprint density at radius 1 is 1.44 bits per heavy atom. The largest absolute Gasteiger partial charge is 0.314 e. The molecule has 0 spiro atoms. The maximum atomic E-state index is 12.4. The SMILES string of the molecule is FC(F)c1ccc(CC2CCCN2)c(Cl)c1. The Balaban J connectivity index is 2.09. The molecule has 1 aliphatic heterocycles. The van der Waals surface area contributed by atoms with Gasteiger partial charge in [-0.1, -0.05) is 23.7 Å². The van der Waals surface area contributed by atoms with Crippen LogP contribution in [0.5, 0.6) is 0 Å². The van der Waals surface area contributed by atoms with E-state index in [1.54, 1.807) is 6.07 Å². The predicted molar refractivity (Wildman–Crippen MR) is 61.1 cm³/mol. The number of hydrogen-bond donors (Lipinski definition) is 1. The van der Waals surface area contributed by atoms with Crippen molar-refractivity contribution in [3.8, 4) is 0 Å². The third kappa shape index (κ3) is 2.71. The first-order valence-corrected chi connectivity index (χ1v) is 5.84. The first-order valence-electron chi connectivity index (χ1n) is 5.46. The van der Waals surface area contributed by atoms with Crippen LogP contribution in [0.15, 0.2) is 18.2 Å². The van der Waals surface area contributed by atoms with Crippen molar-refractivity contribution < 1.29 is 8.78 Å². The lowest BCUT2D eigenvalue weighted by molar-refractivity contribution is 0.151. The topological polar surface area (TPSA) is 12.0 Å². The van der Waals surface area contributed by atoms with Gasteiger partial charge in [-0.15, -0.1) is 0 Å². The Kier molecular flexibility index (Phi) is 3.77. The Labute approximate surface area is 98.8 Å². The van der Waals surface area contributed by atoms with E-state index in [4.69, 9.17) is 11.6 Å². The first kappa shape index (κ1) is 11.8. The van der Waals surface area contributed by atoms with Gasteiger partial charge in [0.2, 0.25) is 0 Å². The normalized spacial score (nSPS) is 20.6. The van der Waals surface area contributed by atoms with Crippen molar-refractivity contribution >= 4 is 11.6 Å². The molecular weight excluding hydrogens is 232 g/mol. The van der Waals surface area contributed by atoms with E-state index < -0.39 is 6.43 Å². The second kappa shape index (κ2) is 5.11. The van der Waals surface area contributed by atoms with Crippen LogP contribution in [-0.2, 0) is 6.42 Å². The van der Waals surface area contributed by atoms with Gasteiger partial charge in [-0.25, -0.2) is 8.78 Å². The average Bonchev–Trinajstić information content (AvgIpc) is 2.73. The van der Waals surface area contributed by atoms with Crippen molar-refractivity contribution in [3.05, 3.63) is 34.3 Å². The fourth-order valence-corrected chi connectivity index (χ4v) is 2.33. The van der Waals surface area contributed by atoms with Crippen molar-refractivity contribution in [1.29, 1.82) is 0 Å². The molecule has 1 atom stereocenters. The van der Waals surface area contributed by atoms with Gasteiger partial charge in [0.15, 0.2) is 0 Å². The van der Waals surface area contributed by atoms with Gasteiger partial charge < -0.3 is 5.32 Å². The second-order valence-electron chi connectivity index (χ2n) is 4.15. The van der Waals surface area contributed by atoms with Gasteiger partial charge in [0.1, 0.15) is 0 Å². The molecular formula is C12H14ClF2N. The highest BCUT2D eigenvalue weighted by Gasteiger charge is 2.16. The van der Waals surface area contributed by atoms with Crippen LogP contribution in [0.1, 0.15) is 30.4 Å². The Hall–Kier alpha value is -0.670. The molecule has 1 aliphatic rings. The number of hydrogen-bond acceptors (Lipinski definition) is 1. The van der Waals surface area contributed by atoms with E-state index >= 15 is 0 Å². The van der Waals surface area contributed by atoms with E-state index in [1.165, 1.54) is 18.6 Å². The maximum absolute atomic E-state index is 12.4. The molecule has 0 radical (unpaired) electrons.